The van der Waals surface area contributed by atoms with Gasteiger partial charge in [-0.05, 0) is 72.8 Å². The van der Waals surface area contributed by atoms with E-state index in [0.717, 1.165) is 54.3 Å². The fourth-order valence-electron chi connectivity index (χ4n) is 6.01. The van der Waals surface area contributed by atoms with E-state index < -0.39 is 11.9 Å². The Hall–Kier alpha value is -2.43. The van der Waals surface area contributed by atoms with E-state index in [1.807, 2.05) is 24.3 Å². The molecule has 1 saturated carbocycles. The van der Waals surface area contributed by atoms with Gasteiger partial charge in [-0.15, -0.1) is 0 Å². The summed E-state index contributed by atoms with van der Waals surface area (Å²) >= 11 is 0. The molecule has 0 amide bonds. The molecule has 1 fully saturated rings. The van der Waals surface area contributed by atoms with Crippen LogP contribution >= 0.6 is 0 Å². The van der Waals surface area contributed by atoms with Crippen LogP contribution in [0.1, 0.15) is 88.8 Å². The smallest absolute Gasteiger partial charge is 0.344 e. The minimum absolute atomic E-state index is 0.105. The van der Waals surface area contributed by atoms with E-state index in [4.69, 9.17) is 14.5 Å². The van der Waals surface area contributed by atoms with Crippen LogP contribution in [0.3, 0.4) is 0 Å². The average molecular weight is 480 g/mol. The number of para-hydroxylation sites is 1. The number of rotatable bonds is 5. The van der Waals surface area contributed by atoms with Gasteiger partial charge in [-0.1, -0.05) is 66.2 Å². The molecule has 2 aliphatic carbocycles. The number of nitrogens with zero attached hydrogens (tertiary/aromatic N) is 1. The molecular formula is C30H41NO4. The van der Waals surface area contributed by atoms with Crippen LogP contribution < -0.4 is 0 Å². The van der Waals surface area contributed by atoms with Crippen molar-refractivity contribution < 1.29 is 19.1 Å². The lowest BCUT2D eigenvalue weighted by atomic mass is 9.70. The Labute approximate surface area is 210 Å². The van der Waals surface area contributed by atoms with Crippen LogP contribution in [0.25, 0.3) is 10.9 Å². The minimum Gasteiger partial charge on any atom is -0.460 e. The second-order valence-electron chi connectivity index (χ2n) is 12.2. The summed E-state index contributed by atoms with van der Waals surface area (Å²) in [7, 11) is 0. The average Bonchev–Trinajstić information content (AvgIpc) is 2.79. The quantitative estimate of drug-likeness (QED) is 0.455. The summed E-state index contributed by atoms with van der Waals surface area (Å²) in [6, 6.07) is 7.72. The van der Waals surface area contributed by atoms with Crippen LogP contribution in [0, 0.1) is 29.1 Å². The van der Waals surface area contributed by atoms with Gasteiger partial charge in [-0.2, -0.15) is 0 Å². The molecule has 0 N–H and O–H groups in total. The molecule has 1 aromatic heterocycles. The molecule has 0 spiro atoms. The van der Waals surface area contributed by atoms with Crippen molar-refractivity contribution in [3.05, 3.63) is 41.1 Å². The number of carbonyl (C=O) groups excluding carboxylic acids is 2. The summed E-state index contributed by atoms with van der Waals surface area (Å²) < 4.78 is 11.5. The van der Waals surface area contributed by atoms with Crippen molar-refractivity contribution >= 4 is 22.8 Å². The van der Waals surface area contributed by atoms with E-state index in [1.165, 1.54) is 6.42 Å². The van der Waals surface area contributed by atoms with Crippen LogP contribution in [-0.4, -0.2) is 29.6 Å². The normalized spacial score (nSPS) is 24.8. The zero-order valence-corrected chi connectivity index (χ0v) is 22.2. The van der Waals surface area contributed by atoms with Gasteiger partial charge in [0.15, 0.2) is 6.61 Å². The van der Waals surface area contributed by atoms with Crippen molar-refractivity contribution in [3.63, 3.8) is 0 Å². The zero-order chi connectivity index (χ0) is 25.3. The van der Waals surface area contributed by atoms with Gasteiger partial charge in [0.05, 0.1) is 11.1 Å². The third kappa shape index (κ3) is 5.70. The molecular weight excluding hydrogens is 438 g/mol. The highest BCUT2D eigenvalue weighted by atomic mass is 16.6. The number of aromatic nitrogens is 1. The standard InChI is InChI=1S/C30H41NO4/c1-18(2)21-13-11-19(3)15-26(21)35-27(32)17-34-29(33)28-22-9-7-8-10-24(22)31-25-14-12-20(16-23(25)28)30(4,5)6/h7-10,18-21,26H,11-17H2,1-6H3. The fourth-order valence-corrected chi connectivity index (χ4v) is 6.01. The van der Waals surface area contributed by atoms with Crippen LogP contribution in [0.2, 0.25) is 0 Å². The first-order chi connectivity index (χ1) is 16.5. The van der Waals surface area contributed by atoms with Crippen molar-refractivity contribution in [1.29, 1.82) is 0 Å². The maximum atomic E-state index is 13.5. The topological polar surface area (TPSA) is 65.5 Å². The number of fused-ring (bicyclic) bond motifs is 2. The SMILES string of the molecule is CC1CCC(C(C)C)C(OC(=O)COC(=O)c2c3c(nc4ccccc24)CCC(C(C)(C)C)C3)C1. The third-order valence-electron chi connectivity index (χ3n) is 8.25. The van der Waals surface area contributed by atoms with Crippen molar-refractivity contribution in [3.8, 4) is 0 Å². The predicted octanol–water partition coefficient (Wildman–Crippen LogP) is 6.55. The second-order valence-corrected chi connectivity index (χ2v) is 12.2. The Morgan fingerprint density at radius 3 is 2.57 bits per heavy atom. The molecule has 35 heavy (non-hydrogen) atoms. The monoisotopic (exact) mass is 479 g/mol. The van der Waals surface area contributed by atoms with E-state index in [9.17, 15) is 9.59 Å². The number of hydrogen-bond acceptors (Lipinski definition) is 5. The molecule has 0 radical (unpaired) electrons. The van der Waals surface area contributed by atoms with Gasteiger partial charge in [-0.25, -0.2) is 9.59 Å². The Morgan fingerprint density at radius 1 is 1.11 bits per heavy atom. The van der Waals surface area contributed by atoms with Gasteiger partial charge < -0.3 is 9.47 Å². The molecule has 0 aliphatic heterocycles. The van der Waals surface area contributed by atoms with Crippen molar-refractivity contribution in [2.45, 2.75) is 86.2 Å². The summed E-state index contributed by atoms with van der Waals surface area (Å²) in [6.07, 6.45) is 5.70. The molecule has 4 atom stereocenters. The van der Waals surface area contributed by atoms with Gasteiger partial charge in [-0.3, -0.25) is 4.98 Å². The molecule has 2 aromatic rings. The van der Waals surface area contributed by atoms with E-state index in [0.29, 0.717) is 29.2 Å². The molecule has 2 aliphatic rings. The van der Waals surface area contributed by atoms with E-state index in [1.54, 1.807) is 0 Å². The largest absolute Gasteiger partial charge is 0.460 e. The summed E-state index contributed by atoms with van der Waals surface area (Å²) in [4.78, 5) is 31.1. The molecule has 1 aromatic carbocycles. The summed E-state index contributed by atoms with van der Waals surface area (Å²) in [6.45, 7) is 13.0. The molecule has 0 bridgehead atoms. The first kappa shape index (κ1) is 25.7. The molecule has 190 valence electrons. The second kappa shape index (κ2) is 10.3. The molecule has 1 heterocycles. The van der Waals surface area contributed by atoms with Gasteiger partial charge >= 0.3 is 11.9 Å². The van der Waals surface area contributed by atoms with Crippen LogP contribution in [-0.2, 0) is 27.1 Å². The molecule has 5 heteroatoms. The number of pyridine rings is 1. The zero-order valence-electron chi connectivity index (χ0n) is 22.2. The van der Waals surface area contributed by atoms with Crippen LogP contribution in [0.15, 0.2) is 24.3 Å². The lowest BCUT2D eigenvalue weighted by Gasteiger charge is -2.36. The Kier molecular flexibility index (Phi) is 7.54. The lowest BCUT2D eigenvalue weighted by Crippen LogP contribution is -2.37. The number of aryl methyl sites for hydroxylation is 1. The van der Waals surface area contributed by atoms with Crippen molar-refractivity contribution in [2.75, 3.05) is 6.61 Å². The fraction of sp³-hybridized carbons (Fsp3) is 0.633. The Bertz CT molecular complexity index is 1080. The lowest BCUT2D eigenvalue weighted by molar-refractivity contribution is -0.159. The first-order valence-electron chi connectivity index (χ1n) is 13.3. The van der Waals surface area contributed by atoms with E-state index in [2.05, 4.69) is 41.5 Å². The summed E-state index contributed by atoms with van der Waals surface area (Å²) in [5, 5.41) is 0.792. The molecule has 5 nitrogen and oxygen atoms in total. The van der Waals surface area contributed by atoms with Gasteiger partial charge in [0.25, 0.3) is 0 Å². The van der Waals surface area contributed by atoms with E-state index >= 15 is 0 Å². The first-order valence-corrected chi connectivity index (χ1v) is 13.3. The number of esters is 2. The predicted molar refractivity (Wildman–Crippen MR) is 138 cm³/mol. The van der Waals surface area contributed by atoms with Crippen molar-refractivity contribution in [1.82, 2.24) is 4.98 Å². The number of ether oxygens (including phenoxy) is 2. The van der Waals surface area contributed by atoms with Crippen LogP contribution in [0.5, 0.6) is 0 Å². The van der Waals surface area contributed by atoms with Gasteiger partial charge in [0, 0.05) is 11.1 Å². The summed E-state index contributed by atoms with van der Waals surface area (Å²) in [5.41, 5.74) is 3.46. The Morgan fingerprint density at radius 2 is 1.86 bits per heavy atom. The van der Waals surface area contributed by atoms with Crippen LogP contribution in [0.4, 0.5) is 0 Å². The number of hydrogen-bond donors (Lipinski definition) is 0. The number of benzene rings is 1. The van der Waals surface area contributed by atoms with Gasteiger partial charge in [0.2, 0.25) is 0 Å². The summed E-state index contributed by atoms with van der Waals surface area (Å²) in [5.74, 6) is 0.892. The third-order valence-corrected chi connectivity index (χ3v) is 8.25. The van der Waals surface area contributed by atoms with Crippen molar-refractivity contribution in [2.24, 2.45) is 29.1 Å². The maximum absolute atomic E-state index is 13.5. The maximum Gasteiger partial charge on any atom is 0.344 e. The molecule has 4 rings (SSSR count). The highest BCUT2D eigenvalue weighted by molar-refractivity contribution is 6.05. The highest BCUT2D eigenvalue weighted by Gasteiger charge is 2.35. The van der Waals surface area contributed by atoms with Gasteiger partial charge in [0.1, 0.15) is 6.10 Å². The Balaban J connectivity index is 1.53. The minimum atomic E-state index is -0.456. The van der Waals surface area contributed by atoms with E-state index in [-0.39, 0.29) is 18.1 Å². The number of carbonyl (C=O) groups is 2. The highest BCUT2D eigenvalue weighted by Crippen LogP contribution is 2.40. The molecule has 0 saturated heterocycles. The molecule has 4 unspecified atom stereocenters.